The van der Waals surface area contributed by atoms with E-state index in [2.05, 4.69) is 32.1 Å². The molecule has 0 radical (unpaired) electrons. The van der Waals surface area contributed by atoms with Crippen LogP contribution >= 0.6 is 0 Å². The minimum absolute atomic E-state index is 0.141. The number of amides is 1. The Morgan fingerprint density at radius 2 is 1.82 bits per heavy atom. The van der Waals surface area contributed by atoms with Gasteiger partial charge in [-0.1, -0.05) is 18.7 Å². The van der Waals surface area contributed by atoms with E-state index in [1.807, 2.05) is 26.0 Å². The summed E-state index contributed by atoms with van der Waals surface area (Å²) in [6.07, 6.45) is 2.66. The number of benzene rings is 2. The van der Waals surface area contributed by atoms with Gasteiger partial charge in [-0.2, -0.15) is 13.4 Å². The van der Waals surface area contributed by atoms with Crippen LogP contribution in [0.2, 0.25) is 0 Å². The van der Waals surface area contributed by atoms with E-state index in [1.165, 1.54) is 41.1 Å². The van der Waals surface area contributed by atoms with Gasteiger partial charge in [0.05, 0.1) is 35.5 Å². The van der Waals surface area contributed by atoms with Gasteiger partial charge < -0.3 is 25.2 Å². The number of nitrogens with zero attached hydrogens (tertiary/aromatic N) is 6. The Morgan fingerprint density at radius 1 is 1.10 bits per heavy atom. The van der Waals surface area contributed by atoms with Crippen molar-refractivity contribution in [1.82, 2.24) is 14.9 Å². The summed E-state index contributed by atoms with van der Waals surface area (Å²) >= 11 is 0. The van der Waals surface area contributed by atoms with Crippen LogP contribution < -0.4 is 28.9 Å². The number of carbonyl (C=O) groups excluding carboxylic acids is 1. The van der Waals surface area contributed by atoms with Gasteiger partial charge in [0.2, 0.25) is 11.9 Å². The van der Waals surface area contributed by atoms with E-state index in [1.54, 1.807) is 36.4 Å². The van der Waals surface area contributed by atoms with Crippen LogP contribution in [0.4, 0.5) is 40.2 Å². The fraction of sp³-hybridized carbons (Fsp3) is 0.269. The van der Waals surface area contributed by atoms with Gasteiger partial charge >= 0.3 is 10.2 Å². The molecule has 206 valence electrons. The summed E-state index contributed by atoms with van der Waals surface area (Å²) < 4.78 is 34.4. The van der Waals surface area contributed by atoms with Gasteiger partial charge in [-0.15, -0.1) is 0 Å². The Balaban J connectivity index is 1.72. The lowest BCUT2D eigenvalue weighted by Crippen LogP contribution is -2.33. The van der Waals surface area contributed by atoms with Crippen LogP contribution in [0.15, 0.2) is 61.3 Å². The number of hydrogen-bond donors (Lipinski definition) is 2. The van der Waals surface area contributed by atoms with Crippen molar-refractivity contribution in [3.05, 3.63) is 61.3 Å². The summed E-state index contributed by atoms with van der Waals surface area (Å²) in [6.45, 7) is 5.04. The van der Waals surface area contributed by atoms with Crippen LogP contribution in [0, 0.1) is 0 Å². The molecule has 0 unspecified atom stereocenters. The molecule has 2 N–H and O–H groups in total. The Morgan fingerprint density at radius 3 is 2.49 bits per heavy atom. The first-order chi connectivity index (χ1) is 18.6. The van der Waals surface area contributed by atoms with E-state index < -0.39 is 10.2 Å². The first-order valence-electron chi connectivity index (χ1n) is 12.1. The third-order valence-corrected chi connectivity index (χ3v) is 7.90. The molecule has 0 aliphatic carbocycles. The standard InChI is InChI=1S/C26H32N8O4S/c1-7-25(35)28-18-16-19(23(38-6)17-22(18)32(4)15-14-31(2)3)29-26-27-13-12-24(30-26)34-21-11-9-8-10-20(21)33(5)39(34,36)37/h7-13,16-17H,1,14-15H2,2-6H3,(H,28,35)(H,27,29,30). The molecule has 1 aliphatic rings. The Labute approximate surface area is 228 Å². The zero-order chi connectivity index (χ0) is 28.3. The second kappa shape index (κ2) is 11.2. The third kappa shape index (κ3) is 5.59. The first-order valence-corrected chi connectivity index (χ1v) is 13.5. The molecule has 39 heavy (non-hydrogen) atoms. The SMILES string of the molecule is C=CC(=O)Nc1cc(Nc2nccc(N3c4ccccc4N(C)S3(=O)=O)n2)c(OC)cc1N(C)CCN(C)C. The molecule has 1 aromatic heterocycles. The van der Waals surface area contributed by atoms with Crippen LogP contribution in [0.3, 0.4) is 0 Å². The van der Waals surface area contributed by atoms with Crippen molar-refractivity contribution >= 4 is 56.3 Å². The molecule has 0 fully saturated rings. The molecule has 4 rings (SSSR count). The molecule has 0 spiro atoms. The van der Waals surface area contributed by atoms with Gasteiger partial charge in [0.25, 0.3) is 0 Å². The lowest BCUT2D eigenvalue weighted by molar-refractivity contribution is -0.111. The number of nitrogens with one attached hydrogen (secondary N) is 2. The minimum atomic E-state index is -3.87. The topological polar surface area (TPSA) is 123 Å². The van der Waals surface area contributed by atoms with Crippen LogP contribution in [0.1, 0.15) is 0 Å². The van der Waals surface area contributed by atoms with Gasteiger partial charge in [0.15, 0.2) is 5.82 Å². The van der Waals surface area contributed by atoms with Gasteiger partial charge in [-0.25, -0.2) is 9.29 Å². The Kier molecular flexibility index (Phi) is 7.93. The van der Waals surface area contributed by atoms with Crippen LogP contribution in [0.5, 0.6) is 5.75 Å². The van der Waals surface area contributed by atoms with Crippen molar-refractivity contribution in [3.63, 3.8) is 0 Å². The second-order valence-corrected chi connectivity index (χ2v) is 10.9. The first kappa shape index (κ1) is 27.7. The summed E-state index contributed by atoms with van der Waals surface area (Å²) in [7, 11) is 5.05. The number of hydrogen-bond acceptors (Lipinski definition) is 9. The predicted molar refractivity (Wildman–Crippen MR) is 155 cm³/mol. The molecule has 0 saturated heterocycles. The maximum Gasteiger partial charge on any atom is 0.331 e. The van der Waals surface area contributed by atoms with Crippen molar-refractivity contribution in [1.29, 1.82) is 0 Å². The maximum atomic E-state index is 13.2. The highest BCUT2D eigenvalue weighted by molar-refractivity contribution is 7.95. The third-order valence-electron chi connectivity index (χ3n) is 6.17. The molecule has 1 amide bonds. The second-order valence-electron chi connectivity index (χ2n) is 9.08. The minimum Gasteiger partial charge on any atom is -0.494 e. The van der Waals surface area contributed by atoms with Gasteiger partial charge in [0, 0.05) is 45.5 Å². The highest BCUT2D eigenvalue weighted by Gasteiger charge is 2.39. The van der Waals surface area contributed by atoms with Crippen LogP contribution in [-0.4, -0.2) is 77.6 Å². The number of rotatable bonds is 10. The summed E-state index contributed by atoms with van der Waals surface area (Å²) in [5.41, 5.74) is 2.77. The summed E-state index contributed by atoms with van der Waals surface area (Å²) in [5.74, 6) is 0.422. The number of anilines is 7. The maximum absolute atomic E-state index is 13.2. The average Bonchev–Trinajstić information content (AvgIpc) is 3.12. The molecular weight excluding hydrogens is 520 g/mol. The molecule has 13 heteroatoms. The predicted octanol–water partition coefficient (Wildman–Crippen LogP) is 3.18. The number of likely N-dealkylation sites (N-methyl/N-ethyl adjacent to an activating group) is 2. The Hall–Kier alpha value is -4.36. The smallest absolute Gasteiger partial charge is 0.331 e. The van der Waals surface area contributed by atoms with Crippen molar-refractivity contribution in [2.24, 2.45) is 0 Å². The van der Waals surface area contributed by atoms with Crippen LogP contribution in [0.25, 0.3) is 0 Å². The number of fused-ring (bicyclic) bond motifs is 1. The van der Waals surface area contributed by atoms with E-state index in [0.29, 0.717) is 35.0 Å². The normalized spacial score (nSPS) is 13.7. The fourth-order valence-corrected chi connectivity index (χ4v) is 5.45. The number of aromatic nitrogens is 2. The van der Waals surface area contributed by atoms with E-state index in [4.69, 9.17) is 4.74 Å². The van der Waals surface area contributed by atoms with Crippen molar-refractivity contribution < 1.29 is 17.9 Å². The van der Waals surface area contributed by atoms with Crippen molar-refractivity contribution in [2.75, 3.05) is 72.5 Å². The lowest BCUT2D eigenvalue weighted by Gasteiger charge is -2.26. The highest BCUT2D eigenvalue weighted by Crippen LogP contribution is 2.44. The number of methoxy groups -OCH3 is 1. The lowest BCUT2D eigenvalue weighted by atomic mass is 10.2. The molecule has 0 bridgehead atoms. The molecule has 12 nitrogen and oxygen atoms in total. The largest absolute Gasteiger partial charge is 0.494 e. The zero-order valence-corrected chi connectivity index (χ0v) is 23.4. The molecule has 2 aromatic carbocycles. The van der Waals surface area contributed by atoms with Crippen molar-refractivity contribution in [2.45, 2.75) is 0 Å². The summed E-state index contributed by atoms with van der Waals surface area (Å²) in [4.78, 5) is 25.1. The van der Waals surface area contributed by atoms with Crippen molar-refractivity contribution in [3.8, 4) is 5.75 Å². The number of carbonyl (C=O) groups is 1. The highest BCUT2D eigenvalue weighted by atomic mass is 32.2. The number of para-hydroxylation sites is 2. The van der Waals surface area contributed by atoms with Crippen LogP contribution in [-0.2, 0) is 15.0 Å². The van der Waals surface area contributed by atoms with E-state index in [9.17, 15) is 13.2 Å². The summed E-state index contributed by atoms with van der Waals surface area (Å²) in [6, 6.07) is 12.0. The Bertz CT molecular complexity index is 1500. The molecule has 0 atom stereocenters. The van der Waals surface area contributed by atoms with E-state index in [0.717, 1.165) is 12.2 Å². The molecule has 2 heterocycles. The average molecular weight is 553 g/mol. The fourth-order valence-electron chi connectivity index (χ4n) is 4.06. The monoisotopic (exact) mass is 552 g/mol. The molecule has 1 aliphatic heterocycles. The van der Waals surface area contributed by atoms with E-state index in [-0.39, 0.29) is 17.7 Å². The van der Waals surface area contributed by atoms with Gasteiger partial charge in [0.1, 0.15) is 5.75 Å². The number of ether oxygens (including phenoxy) is 1. The zero-order valence-electron chi connectivity index (χ0n) is 22.5. The summed E-state index contributed by atoms with van der Waals surface area (Å²) in [5, 5.41) is 5.96. The molecular formula is C26H32N8O4S. The van der Waals surface area contributed by atoms with Gasteiger partial charge in [-0.05, 0) is 38.4 Å². The molecule has 0 saturated carbocycles. The molecule has 3 aromatic rings. The van der Waals surface area contributed by atoms with Gasteiger partial charge in [-0.3, -0.25) is 9.10 Å². The van der Waals surface area contributed by atoms with E-state index >= 15 is 0 Å². The quantitative estimate of drug-likeness (QED) is 0.365.